The Morgan fingerprint density at radius 2 is 1.28 bits per heavy atom. The van der Waals surface area contributed by atoms with E-state index in [1.807, 2.05) is 13.8 Å². The van der Waals surface area contributed by atoms with E-state index in [1.54, 1.807) is 26.4 Å². The average Bonchev–Trinajstić information content (AvgIpc) is 2.60. The zero-order chi connectivity index (χ0) is 18.8. The van der Waals surface area contributed by atoms with Crippen LogP contribution in [0.25, 0.3) is 0 Å². The number of methoxy groups -OCH3 is 2. The number of hydrogen-bond acceptors (Lipinski definition) is 6. The molecule has 0 aliphatic heterocycles. The SMILES string of the molecule is COC(C)CCOC(=O)c1cc(I)cc(C(=O)OCCC(C)OC)c1. The van der Waals surface area contributed by atoms with Crippen LogP contribution >= 0.6 is 22.6 Å². The zero-order valence-electron chi connectivity index (χ0n) is 15.0. The molecule has 7 heteroatoms. The van der Waals surface area contributed by atoms with Gasteiger partial charge >= 0.3 is 11.9 Å². The van der Waals surface area contributed by atoms with Crippen LogP contribution in [0.15, 0.2) is 18.2 Å². The first-order chi connectivity index (χ1) is 11.9. The molecule has 0 bridgehead atoms. The highest BCUT2D eigenvalue weighted by Crippen LogP contribution is 2.15. The third kappa shape index (κ3) is 8.15. The maximum Gasteiger partial charge on any atom is 0.338 e. The molecule has 0 N–H and O–H groups in total. The Morgan fingerprint density at radius 1 is 0.880 bits per heavy atom. The van der Waals surface area contributed by atoms with E-state index in [-0.39, 0.29) is 25.4 Å². The van der Waals surface area contributed by atoms with Crippen LogP contribution in [0.1, 0.15) is 47.4 Å². The van der Waals surface area contributed by atoms with Crippen molar-refractivity contribution in [1.29, 1.82) is 0 Å². The number of benzene rings is 1. The second-order valence-electron chi connectivity index (χ2n) is 5.67. The van der Waals surface area contributed by atoms with Gasteiger partial charge in [-0.1, -0.05) is 0 Å². The van der Waals surface area contributed by atoms with Crippen molar-refractivity contribution in [2.45, 2.75) is 38.9 Å². The van der Waals surface area contributed by atoms with Gasteiger partial charge in [-0.05, 0) is 54.6 Å². The second kappa shape index (κ2) is 11.4. The van der Waals surface area contributed by atoms with Crippen molar-refractivity contribution in [3.63, 3.8) is 0 Å². The van der Waals surface area contributed by atoms with Crippen LogP contribution in [0, 0.1) is 3.57 Å². The van der Waals surface area contributed by atoms with Gasteiger partial charge in [0.25, 0.3) is 0 Å². The Hall–Kier alpha value is -1.19. The predicted octanol–water partition coefficient (Wildman–Crippen LogP) is 3.45. The zero-order valence-corrected chi connectivity index (χ0v) is 17.2. The van der Waals surface area contributed by atoms with Gasteiger partial charge < -0.3 is 18.9 Å². The average molecular weight is 464 g/mol. The van der Waals surface area contributed by atoms with Crippen molar-refractivity contribution in [3.05, 3.63) is 32.9 Å². The summed E-state index contributed by atoms with van der Waals surface area (Å²) in [5, 5.41) is 0. The second-order valence-corrected chi connectivity index (χ2v) is 6.92. The smallest absolute Gasteiger partial charge is 0.338 e. The third-order valence-corrected chi connectivity index (χ3v) is 4.31. The fourth-order valence-corrected chi connectivity index (χ4v) is 2.53. The van der Waals surface area contributed by atoms with E-state index >= 15 is 0 Å². The summed E-state index contributed by atoms with van der Waals surface area (Å²) in [5.74, 6) is -0.937. The number of rotatable bonds is 10. The van der Waals surface area contributed by atoms with Gasteiger partial charge in [-0.25, -0.2) is 9.59 Å². The molecule has 1 rings (SSSR count). The lowest BCUT2D eigenvalue weighted by Crippen LogP contribution is -2.15. The van der Waals surface area contributed by atoms with E-state index in [2.05, 4.69) is 22.6 Å². The van der Waals surface area contributed by atoms with Crippen LogP contribution in [0.4, 0.5) is 0 Å². The lowest BCUT2D eigenvalue weighted by Gasteiger charge is -2.11. The highest BCUT2D eigenvalue weighted by Gasteiger charge is 2.15. The Kier molecular flexibility index (Phi) is 9.99. The van der Waals surface area contributed by atoms with Gasteiger partial charge in [0.15, 0.2) is 0 Å². The Morgan fingerprint density at radius 3 is 1.64 bits per heavy atom. The lowest BCUT2D eigenvalue weighted by atomic mass is 10.1. The van der Waals surface area contributed by atoms with Crippen LogP contribution in [0.3, 0.4) is 0 Å². The number of carbonyl (C=O) groups excluding carboxylic acids is 2. The van der Waals surface area contributed by atoms with Gasteiger partial charge in [0.1, 0.15) is 0 Å². The minimum absolute atomic E-state index is 0.0174. The highest BCUT2D eigenvalue weighted by atomic mass is 127. The first kappa shape index (κ1) is 21.9. The molecule has 6 nitrogen and oxygen atoms in total. The summed E-state index contributed by atoms with van der Waals surface area (Å²) in [6.07, 6.45) is 1.25. The molecule has 1 aromatic carbocycles. The number of carbonyl (C=O) groups is 2. The molecule has 0 amide bonds. The van der Waals surface area contributed by atoms with Crippen molar-refractivity contribution in [2.75, 3.05) is 27.4 Å². The fraction of sp³-hybridized carbons (Fsp3) is 0.556. The maximum atomic E-state index is 12.1. The molecule has 2 atom stereocenters. The summed E-state index contributed by atoms with van der Waals surface area (Å²) in [6.45, 7) is 4.32. The van der Waals surface area contributed by atoms with E-state index in [9.17, 15) is 9.59 Å². The molecular formula is C18H25IO6. The van der Waals surface area contributed by atoms with Gasteiger partial charge in [0.2, 0.25) is 0 Å². The van der Waals surface area contributed by atoms with Crippen LogP contribution in [-0.2, 0) is 18.9 Å². The van der Waals surface area contributed by atoms with Gasteiger partial charge in [-0.15, -0.1) is 0 Å². The third-order valence-electron chi connectivity index (χ3n) is 3.69. The molecule has 0 aliphatic rings. The maximum absolute atomic E-state index is 12.1. The van der Waals surface area contributed by atoms with Crippen molar-refractivity contribution in [1.82, 2.24) is 0 Å². The van der Waals surface area contributed by atoms with Gasteiger partial charge in [0, 0.05) is 30.6 Å². The Labute approximate surface area is 162 Å². The molecule has 140 valence electrons. The summed E-state index contributed by atoms with van der Waals surface area (Å²) in [5.41, 5.74) is 0.656. The first-order valence-electron chi connectivity index (χ1n) is 8.07. The van der Waals surface area contributed by atoms with Crippen molar-refractivity contribution < 1.29 is 28.5 Å². The van der Waals surface area contributed by atoms with Crippen LogP contribution in [0.2, 0.25) is 0 Å². The van der Waals surface area contributed by atoms with Gasteiger partial charge in [-0.3, -0.25) is 0 Å². The van der Waals surface area contributed by atoms with E-state index in [0.717, 1.165) is 3.57 Å². The topological polar surface area (TPSA) is 71.1 Å². The normalized spacial score (nSPS) is 13.2. The number of halogens is 1. The van der Waals surface area contributed by atoms with Gasteiger partial charge in [-0.2, -0.15) is 0 Å². The fourth-order valence-electron chi connectivity index (χ4n) is 1.86. The Bertz CT molecular complexity index is 528. The molecule has 25 heavy (non-hydrogen) atoms. The van der Waals surface area contributed by atoms with Crippen molar-refractivity contribution >= 4 is 34.5 Å². The van der Waals surface area contributed by atoms with Crippen LogP contribution < -0.4 is 0 Å². The van der Waals surface area contributed by atoms with E-state index in [4.69, 9.17) is 18.9 Å². The van der Waals surface area contributed by atoms with E-state index in [1.165, 1.54) is 6.07 Å². The first-order valence-corrected chi connectivity index (χ1v) is 9.15. The number of esters is 2. The monoisotopic (exact) mass is 464 g/mol. The minimum atomic E-state index is -0.469. The molecule has 0 spiro atoms. The molecule has 0 saturated carbocycles. The standard InChI is InChI=1S/C18H25IO6/c1-12(22-3)5-7-24-17(20)14-9-15(11-16(19)10-14)18(21)25-8-6-13(2)23-4/h9-13H,5-8H2,1-4H3. The molecular weight excluding hydrogens is 439 g/mol. The van der Waals surface area contributed by atoms with E-state index in [0.29, 0.717) is 24.0 Å². The summed E-state index contributed by atoms with van der Waals surface area (Å²) in [6, 6.07) is 4.84. The molecule has 0 radical (unpaired) electrons. The largest absolute Gasteiger partial charge is 0.462 e. The summed E-state index contributed by atoms with van der Waals surface area (Å²) >= 11 is 2.05. The lowest BCUT2D eigenvalue weighted by molar-refractivity contribution is 0.0389. The van der Waals surface area contributed by atoms with Crippen LogP contribution in [0.5, 0.6) is 0 Å². The van der Waals surface area contributed by atoms with Crippen LogP contribution in [-0.4, -0.2) is 51.6 Å². The predicted molar refractivity (Wildman–Crippen MR) is 102 cm³/mol. The van der Waals surface area contributed by atoms with Gasteiger partial charge in [0.05, 0.1) is 36.5 Å². The molecule has 1 aromatic rings. The molecule has 0 aliphatic carbocycles. The molecule has 0 aromatic heterocycles. The molecule has 0 saturated heterocycles. The quantitative estimate of drug-likeness (QED) is 0.390. The number of ether oxygens (including phenoxy) is 4. The van der Waals surface area contributed by atoms with Crippen molar-refractivity contribution in [3.8, 4) is 0 Å². The Balaban J connectivity index is 2.65. The summed E-state index contributed by atoms with van der Waals surface area (Å²) in [4.78, 5) is 24.3. The molecule has 2 unspecified atom stereocenters. The molecule has 0 fully saturated rings. The highest BCUT2D eigenvalue weighted by molar-refractivity contribution is 14.1. The minimum Gasteiger partial charge on any atom is -0.462 e. The van der Waals surface area contributed by atoms with Crippen molar-refractivity contribution in [2.24, 2.45) is 0 Å². The summed E-state index contributed by atoms with van der Waals surface area (Å²) < 4.78 is 21.4. The molecule has 0 heterocycles. The summed E-state index contributed by atoms with van der Waals surface area (Å²) in [7, 11) is 3.22. The number of hydrogen-bond donors (Lipinski definition) is 0. The van der Waals surface area contributed by atoms with E-state index < -0.39 is 11.9 Å².